The van der Waals surface area contributed by atoms with E-state index in [9.17, 15) is 4.79 Å². The number of H-pyrrole nitrogens is 3. The maximum atomic E-state index is 11.6. The van der Waals surface area contributed by atoms with Gasteiger partial charge in [0, 0.05) is 35.9 Å². The molecule has 0 radical (unpaired) electrons. The fraction of sp³-hybridized carbons (Fsp3) is 0.0588. The monoisotopic (exact) mass is 361 g/mol. The predicted molar refractivity (Wildman–Crippen MR) is 102 cm³/mol. The average Bonchev–Trinajstić information content (AvgIpc) is 3.36. The van der Waals surface area contributed by atoms with E-state index in [2.05, 4.69) is 41.0 Å². The van der Waals surface area contributed by atoms with Crippen LogP contribution < -0.4 is 16.2 Å². The van der Waals surface area contributed by atoms with Crippen LogP contribution in [0.15, 0.2) is 47.5 Å². The molecular formula is C17H15N9O. The lowest BCUT2D eigenvalue weighted by Gasteiger charge is -2.10. The fourth-order valence-electron chi connectivity index (χ4n) is 2.93. The highest BCUT2D eigenvalue weighted by atomic mass is 16.1. The number of rotatable bonds is 4. The number of hydrogen-bond acceptors (Lipinski definition) is 6. The van der Waals surface area contributed by atoms with Crippen LogP contribution in [0.3, 0.4) is 0 Å². The highest BCUT2D eigenvalue weighted by molar-refractivity contribution is 5.82. The smallest absolute Gasteiger partial charge is 0.271 e. The first-order valence-corrected chi connectivity index (χ1v) is 8.26. The number of nitrogens with zero attached hydrogens (tertiary/aromatic N) is 4. The molecule has 0 aliphatic rings. The number of benzene rings is 1. The van der Waals surface area contributed by atoms with Gasteiger partial charge in [-0.25, -0.2) is 4.98 Å². The van der Waals surface area contributed by atoms with Crippen LogP contribution in [-0.4, -0.2) is 34.8 Å². The molecule has 27 heavy (non-hydrogen) atoms. The van der Waals surface area contributed by atoms with Crippen molar-refractivity contribution in [3.63, 3.8) is 0 Å². The highest BCUT2D eigenvalue weighted by Gasteiger charge is 2.09. The summed E-state index contributed by atoms with van der Waals surface area (Å²) in [5, 5.41) is 19.5. The van der Waals surface area contributed by atoms with Crippen LogP contribution in [0.25, 0.3) is 16.6 Å². The topological polar surface area (TPSA) is 132 Å². The summed E-state index contributed by atoms with van der Waals surface area (Å²) in [4.78, 5) is 20.6. The summed E-state index contributed by atoms with van der Waals surface area (Å²) in [5.74, 6) is 1.86. The number of aromatic amines is 3. The molecule has 0 bridgehead atoms. The van der Waals surface area contributed by atoms with Gasteiger partial charge in [0.15, 0.2) is 5.82 Å². The Bertz CT molecular complexity index is 1320. The van der Waals surface area contributed by atoms with Crippen molar-refractivity contribution in [2.45, 2.75) is 6.92 Å². The van der Waals surface area contributed by atoms with E-state index in [4.69, 9.17) is 0 Å². The maximum absolute atomic E-state index is 11.6. The Morgan fingerprint density at radius 2 is 2.00 bits per heavy atom. The van der Waals surface area contributed by atoms with Crippen molar-refractivity contribution in [1.82, 2.24) is 34.8 Å². The van der Waals surface area contributed by atoms with Crippen molar-refractivity contribution >= 4 is 39.8 Å². The SMILES string of the molecule is Cc1cc(Nc2nc(Nc3ccc4c(=O)[nH][nH]c4c3)cc3nccn23)n[nH]1. The highest BCUT2D eigenvalue weighted by Crippen LogP contribution is 2.22. The molecule has 0 spiro atoms. The van der Waals surface area contributed by atoms with Gasteiger partial charge in [-0.3, -0.25) is 24.5 Å². The standard InChI is InChI=1S/C17H15N9O/c1-9-6-14(24-22-9)21-17-20-13(8-15-18-4-5-26(15)17)19-10-2-3-11-12(7-10)23-25-16(11)27/h2-8,19H,1H3,(H2,23,25,27)(H2,20,21,22,24). The quantitative estimate of drug-likeness (QED) is 0.334. The van der Waals surface area contributed by atoms with Gasteiger partial charge in [0.1, 0.15) is 11.5 Å². The Balaban J connectivity index is 1.53. The summed E-state index contributed by atoms with van der Waals surface area (Å²) in [7, 11) is 0. The van der Waals surface area contributed by atoms with E-state index in [1.807, 2.05) is 41.8 Å². The third-order valence-electron chi connectivity index (χ3n) is 4.18. The summed E-state index contributed by atoms with van der Waals surface area (Å²) < 4.78 is 1.84. The predicted octanol–water partition coefficient (Wildman–Crippen LogP) is 2.42. The van der Waals surface area contributed by atoms with Crippen molar-refractivity contribution in [1.29, 1.82) is 0 Å². The van der Waals surface area contributed by atoms with Crippen LogP contribution in [-0.2, 0) is 0 Å². The molecule has 0 unspecified atom stereocenters. The van der Waals surface area contributed by atoms with E-state index in [1.165, 1.54) is 0 Å². The Labute approximate surface area is 151 Å². The molecular weight excluding hydrogens is 346 g/mol. The second-order valence-electron chi connectivity index (χ2n) is 6.15. The summed E-state index contributed by atoms with van der Waals surface area (Å²) in [6, 6.07) is 9.15. The Hall–Kier alpha value is -4.08. The second-order valence-corrected chi connectivity index (χ2v) is 6.15. The van der Waals surface area contributed by atoms with Crippen LogP contribution in [0.2, 0.25) is 0 Å². The summed E-state index contributed by atoms with van der Waals surface area (Å²) >= 11 is 0. The van der Waals surface area contributed by atoms with E-state index >= 15 is 0 Å². The second kappa shape index (κ2) is 5.73. The number of aromatic nitrogens is 7. The van der Waals surface area contributed by atoms with Gasteiger partial charge < -0.3 is 10.6 Å². The fourth-order valence-corrected chi connectivity index (χ4v) is 2.93. The third kappa shape index (κ3) is 2.68. The van der Waals surface area contributed by atoms with Gasteiger partial charge in [0.05, 0.1) is 10.9 Å². The van der Waals surface area contributed by atoms with Crippen LogP contribution in [0.1, 0.15) is 5.69 Å². The summed E-state index contributed by atoms with van der Waals surface area (Å²) in [6.07, 6.45) is 3.53. The normalized spacial score (nSPS) is 11.3. The Morgan fingerprint density at radius 1 is 1.07 bits per heavy atom. The van der Waals surface area contributed by atoms with Gasteiger partial charge in [-0.05, 0) is 25.1 Å². The van der Waals surface area contributed by atoms with Gasteiger partial charge >= 0.3 is 0 Å². The van der Waals surface area contributed by atoms with E-state index in [0.29, 0.717) is 23.0 Å². The lowest BCUT2D eigenvalue weighted by molar-refractivity contribution is 1.03. The molecule has 10 nitrogen and oxygen atoms in total. The first-order chi connectivity index (χ1) is 13.2. The number of aryl methyl sites for hydroxylation is 1. The van der Waals surface area contributed by atoms with Gasteiger partial charge in [-0.2, -0.15) is 10.1 Å². The van der Waals surface area contributed by atoms with E-state index in [1.54, 1.807) is 12.3 Å². The first kappa shape index (κ1) is 15.2. The zero-order valence-corrected chi connectivity index (χ0v) is 14.2. The lowest BCUT2D eigenvalue weighted by Crippen LogP contribution is -2.04. The van der Waals surface area contributed by atoms with Gasteiger partial charge in [-0.1, -0.05) is 0 Å². The molecule has 0 saturated carbocycles. The van der Waals surface area contributed by atoms with Crippen molar-refractivity contribution in [3.05, 3.63) is 58.8 Å². The molecule has 0 aliphatic heterocycles. The van der Waals surface area contributed by atoms with Crippen LogP contribution in [0.4, 0.5) is 23.3 Å². The van der Waals surface area contributed by atoms with Crippen LogP contribution in [0.5, 0.6) is 0 Å². The molecule has 4 aromatic heterocycles. The number of nitrogens with one attached hydrogen (secondary N) is 5. The first-order valence-electron chi connectivity index (χ1n) is 8.26. The molecule has 134 valence electrons. The van der Waals surface area contributed by atoms with Crippen molar-refractivity contribution < 1.29 is 0 Å². The molecule has 0 amide bonds. The Kier molecular flexibility index (Phi) is 3.22. The molecule has 4 heterocycles. The zero-order chi connectivity index (χ0) is 18.4. The number of anilines is 4. The van der Waals surface area contributed by atoms with E-state index < -0.39 is 0 Å². The van der Waals surface area contributed by atoms with Gasteiger partial charge in [0.2, 0.25) is 5.95 Å². The summed E-state index contributed by atoms with van der Waals surface area (Å²) in [5.41, 5.74) is 3.05. The van der Waals surface area contributed by atoms with Gasteiger partial charge in [-0.15, -0.1) is 0 Å². The minimum atomic E-state index is -0.144. The molecule has 0 saturated heterocycles. The molecule has 0 aliphatic carbocycles. The average molecular weight is 361 g/mol. The molecule has 5 rings (SSSR count). The molecule has 0 atom stereocenters. The minimum Gasteiger partial charge on any atom is -0.340 e. The minimum absolute atomic E-state index is 0.144. The van der Waals surface area contributed by atoms with E-state index in [0.717, 1.165) is 22.5 Å². The van der Waals surface area contributed by atoms with Crippen molar-refractivity contribution in [3.8, 4) is 0 Å². The van der Waals surface area contributed by atoms with Crippen molar-refractivity contribution in [2.24, 2.45) is 0 Å². The lowest BCUT2D eigenvalue weighted by atomic mass is 10.2. The van der Waals surface area contributed by atoms with Gasteiger partial charge in [0.25, 0.3) is 5.56 Å². The molecule has 1 aromatic carbocycles. The summed E-state index contributed by atoms with van der Waals surface area (Å²) in [6.45, 7) is 1.93. The molecule has 5 aromatic rings. The Morgan fingerprint density at radius 3 is 2.85 bits per heavy atom. The zero-order valence-electron chi connectivity index (χ0n) is 14.2. The number of fused-ring (bicyclic) bond motifs is 2. The molecule has 5 N–H and O–H groups in total. The van der Waals surface area contributed by atoms with Crippen LogP contribution in [0, 0.1) is 6.92 Å². The maximum Gasteiger partial charge on any atom is 0.271 e. The van der Waals surface area contributed by atoms with Crippen molar-refractivity contribution in [2.75, 3.05) is 10.6 Å². The van der Waals surface area contributed by atoms with Crippen LogP contribution >= 0.6 is 0 Å². The third-order valence-corrected chi connectivity index (χ3v) is 4.18. The largest absolute Gasteiger partial charge is 0.340 e. The van der Waals surface area contributed by atoms with E-state index in [-0.39, 0.29) is 5.56 Å². The number of hydrogen-bond donors (Lipinski definition) is 5. The molecule has 10 heteroatoms. The number of imidazole rings is 1. The molecule has 0 fully saturated rings.